The standard InChI is InChI=1S/C24H22N2O2/c1-27-23-15-18(16-26-24-11-4-5-14-25-24)12-13-22(23)28-17-20-9-6-8-19-7-2-3-10-21(19)20/h2-15H,16-17H2,1H3,(H,25,26). The molecule has 0 aliphatic rings. The zero-order valence-electron chi connectivity index (χ0n) is 15.8. The average molecular weight is 370 g/mol. The Labute approximate surface area is 164 Å². The largest absolute Gasteiger partial charge is 0.493 e. The van der Waals surface area contributed by atoms with Crippen molar-refractivity contribution in [3.63, 3.8) is 0 Å². The van der Waals surface area contributed by atoms with Crippen LogP contribution in [0.2, 0.25) is 0 Å². The average Bonchev–Trinajstić information content (AvgIpc) is 2.77. The van der Waals surface area contributed by atoms with Crippen LogP contribution in [0.3, 0.4) is 0 Å². The van der Waals surface area contributed by atoms with Gasteiger partial charge in [-0.2, -0.15) is 0 Å². The van der Waals surface area contributed by atoms with E-state index >= 15 is 0 Å². The smallest absolute Gasteiger partial charge is 0.161 e. The van der Waals surface area contributed by atoms with Crippen molar-refractivity contribution in [3.8, 4) is 11.5 Å². The number of rotatable bonds is 7. The highest BCUT2D eigenvalue weighted by Gasteiger charge is 2.08. The molecule has 0 aliphatic carbocycles. The molecule has 4 rings (SSSR count). The van der Waals surface area contributed by atoms with E-state index in [1.165, 1.54) is 10.8 Å². The van der Waals surface area contributed by atoms with Crippen molar-refractivity contribution >= 4 is 16.6 Å². The van der Waals surface area contributed by atoms with E-state index in [-0.39, 0.29) is 0 Å². The van der Waals surface area contributed by atoms with Crippen molar-refractivity contribution in [1.82, 2.24) is 4.98 Å². The van der Waals surface area contributed by atoms with Gasteiger partial charge in [-0.1, -0.05) is 54.6 Å². The maximum absolute atomic E-state index is 6.08. The highest BCUT2D eigenvalue weighted by molar-refractivity contribution is 5.85. The Balaban J connectivity index is 1.47. The fraction of sp³-hybridized carbons (Fsp3) is 0.125. The van der Waals surface area contributed by atoms with Crippen LogP contribution in [-0.2, 0) is 13.2 Å². The molecule has 0 saturated carbocycles. The first-order valence-corrected chi connectivity index (χ1v) is 9.25. The summed E-state index contributed by atoms with van der Waals surface area (Å²) in [7, 11) is 1.66. The third-order valence-electron chi connectivity index (χ3n) is 4.63. The molecular formula is C24H22N2O2. The third-order valence-corrected chi connectivity index (χ3v) is 4.63. The van der Waals surface area contributed by atoms with Gasteiger partial charge in [0.05, 0.1) is 7.11 Å². The summed E-state index contributed by atoms with van der Waals surface area (Å²) >= 11 is 0. The second-order valence-electron chi connectivity index (χ2n) is 6.48. The molecule has 1 N–H and O–H groups in total. The minimum Gasteiger partial charge on any atom is -0.493 e. The number of ether oxygens (including phenoxy) is 2. The van der Waals surface area contributed by atoms with Crippen molar-refractivity contribution in [3.05, 3.63) is 96.2 Å². The van der Waals surface area contributed by atoms with Gasteiger partial charge in [0, 0.05) is 12.7 Å². The molecule has 28 heavy (non-hydrogen) atoms. The van der Waals surface area contributed by atoms with Gasteiger partial charge < -0.3 is 14.8 Å². The number of hydrogen-bond acceptors (Lipinski definition) is 4. The molecule has 0 fully saturated rings. The molecule has 3 aromatic carbocycles. The zero-order valence-corrected chi connectivity index (χ0v) is 15.8. The second-order valence-corrected chi connectivity index (χ2v) is 6.48. The van der Waals surface area contributed by atoms with Crippen molar-refractivity contribution in [1.29, 1.82) is 0 Å². The number of nitrogens with zero attached hydrogens (tertiary/aromatic N) is 1. The van der Waals surface area contributed by atoms with Gasteiger partial charge in [0.15, 0.2) is 11.5 Å². The third kappa shape index (κ3) is 4.07. The highest BCUT2D eigenvalue weighted by atomic mass is 16.5. The van der Waals surface area contributed by atoms with E-state index in [9.17, 15) is 0 Å². The second kappa shape index (κ2) is 8.44. The first-order chi connectivity index (χ1) is 13.8. The predicted octanol–water partition coefficient (Wildman–Crippen LogP) is 5.43. The topological polar surface area (TPSA) is 43.4 Å². The number of hydrogen-bond donors (Lipinski definition) is 1. The molecule has 0 radical (unpaired) electrons. The van der Waals surface area contributed by atoms with E-state index in [0.717, 1.165) is 28.4 Å². The Morgan fingerprint density at radius 1 is 0.857 bits per heavy atom. The van der Waals surface area contributed by atoms with Crippen LogP contribution in [0.5, 0.6) is 11.5 Å². The molecule has 1 heterocycles. The Morgan fingerprint density at radius 2 is 1.71 bits per heavy atom. The first-order valence-electron chi connectivity index (χ1n) is 9.25. The molecule has 0 unspecified atom stereocenters. The molecule has 4 nitrogen and oxygen atoms in total. The van der Waals surface area contributed by atoms with Crippen molar-refractivity contribution in [2.75, 3.05) is 12.4 Å². The van der Waals surface area contributed by atoms with Gasteiger partial charge in [0.2, 0.25) is 0 Å². The summed E-state index contributed by atoms with van der Waals surface area (Å²) in [5, 5.41) is 5.73. The van der Waals surface area contributed by atoms with Crippen LogP contribution in [0.25, 0.3) is 10.8 Å². The minimum absolute atomic E-state index is 0.489. The molecule has 0 amide bonds. The maximum atomic E-state index is 6.08. The van der Waals surface area contributed by atoms with Gasteiger partial charge in [-0.3, -0.25) is 0 Å². The fourth-order valence-electron chi connectivity index (χ4n) is 3.18. The number of nitrogens with one attached hydrogen (secondary N) is 1. The van der Waals surface area contributed by atoms with Crippen molar-refractivity contribution in [2.24, 2.45) is 0 Å². The van der Waals surface area contributed by atoms with Crippen molar-refractivity contribution < 1.29 is 9.47 Å². The van der Waals surface area contributed by atoms with Crippen LogP contribution < -0.4 is 14.8 Å². The molecule has 4 heteroatoms. The fourth-order valence-corrected chi connectivity index (χ4v) is 3.18. The molecule has 140 valence electrons. The summed E-state index contributed by atoms with van der Waals surface area (Å²) in [6.45, 7) is 1.15. The molecule has 0 atom stereocenters. The van der Waals surface area contributed by atoms with Crippen LogP contribution in [-0.4, -0.2) is 12.1 Å². The lowest BCUT2D eigenvalue weighted by Crippen LogP contribution is -2.03. The quantitative estimate of drug-likeness (QED) is 0.471. The molecular weight excluding hydrogens is 348 g/mol. The Kier molecular flexibility index (Phi) is 5.38. The summed E-state index contributed by atoms with van der Waals surface area (Å²) in [4.78, 5) is 4.27. The lowest BCUT2D eigenvalue weighted by atomic mass is 10.1. The van der Waals surface area contributed by atoms with Crippen LogP contribution in [0.15, 0.2) is 85.1 Å². The molecule has 0 saturated heterocycles. The molecule has 0 spiro atoms. The summed E-state index contributed by atoms with van der Waals surface area (Å²) < 4.78 is 11.6. The normalized spacial score (nSPS) is 10.6. The van der Waals surface area contributed by atoms with Gasteiger partial charge in [-0.05, 0) is 46.2 Å². The van der Waals surface area contributed by atoms with E-state index in [1.54, 1.807) is 13.3 Å². The Bertz CT molecular complexity index is 1060. The summed E-state index contributed by atoms with van der Waals surface area (Å²) in [5.41, 5.74) is 2.25. The number of fused-ring (bicyclic) bond motifs is 1. The van der Waals surface area contributed by atoms with Gasteiger partial charge in [-0.25, -0.2) is 4.98 Å². The molecule has 0 aliphatic heterocycles. The van der Waals surface area contributed by atoms with E-state index in [2.05, 4.69) is 46.7 Å². The highest BCUT2D eigenvalue weighted by Crippen LogP contribution is 2.30. The first kappa shape index (κ1) is 17.9. The van der Waals surface area contributed by atoms with Gasteiger partial charge >= 0.3 is 0 Å². The van der Waals surface area contributed by atoms with Crippen LogP contribution in [0, 0.1) is 0 Å². The molecule has 4 aromatic rings. The number of anilines is 1. The zero-order chi connectivity index (χ0) is 19.2. The maximum Gasteiger partial charge on any atom is 0.161 e. The van der Waals surface area contributed by atoms with Gasteiger partial charge in [0.25, 0.3) is 0 Å². The van der Waals surface area contributed by atoms with E-state index in [4.69, 9.17) is 9.47 Å². The Hall–Kier alpha value is -3.53. The van der Waals surface area contributed by atoms with E-state index < -0.39 is 0 Å². The summed E-state index contributed by atoms with van der Waals surface area (Å²) in [6.07, 6.45) is 1.77. The number of pyridine rings is 1. The summed E-state index contributed by atoms with van der Waals surface area (Å²) in [6, 6.07) is 26.4. The van der Waals surface area contributed by atoms with Gasteiger partial charge in [0.1, 0.15) is 12.4 Å². The summed E-state index contributed by atoms with van der Waals surface area (Å²) in [5.74, 6) is 2.30. The predicted molar refractivity (Wildman–Crippen MR) is 113 cm³/mol. The number of aromatic nitrogens is 1. The molecule has 1 aromatic heterocycles. The molecule has 0 bridgehead atoms. The van der Waals surface area contributed by atoms with Gasteiger partial charge in [-0.15, -0.1) is 0 Å². The number of benzene rings is 3. The number of methoxy groups -OCH3 is 1. The van der Waals surface area contributed by atoms with E-state index in [1.807, 2.05) is 42.5 Å². The van der Waals surface area contributed by atoms with E-state index in [0.29, 0.717) is 13.2 Å². The Morgan fingerprint density at radius 3 is 2.57 bits per heavy atom. The lowest BCUT2D eigenvalue weighted by Gasteiger charge is -2.14. The van der Waals surface area contributed by atoms with Crippen molar-refractivity contribution in [2.45, 2.75) is 13.2 Å². The lowest BCUT2D eigenvalue weighted by molar-refractivity contribution is 0.285. The minimum atomic E-state index is 0.489. The van der Waals surface area contributed by atoms with Crippen LogP contribution in [0.4, 0.5) is 5.82 Å². The van der Waals surface area contributed by atoms with Crippen LogP contribution in [0.1, 0.15) is 11.1 Å². The monoisotopic (exact) mass is 370 g/mol. The van der Waals surface area contributed by atoms with Crippen LogP contribution >= 0.6 is 0 Å². The SMILES string of the molecule is COc1cc(CNc2ccccn2)ccc1OCc1cccc2ccccc12.